The Morgan fingerprint density at radius 2 is 2.12 bits per heavy atom. The Kier molecular flexibility index (Phi) is 5.18. The second-order valence-electron chi connectivity index (χ2n) is 4.80. The fourth-order valence-electron chi connectivity index (χ4n) is 2.40. The molecule has 4 nitrogen and oxygen atoms in total. The van der Waals surface area contributed by atoms with E-state index in [-0.39, 0.29) is 12.2 Å². The Labute approximate surface area is 98.1 Å². The summed E-state index contributed by atoms with van der Waals surface area (Å²) in [7, 11) is 1.71. The molecule has 0 aromatic heterocycles. The molecule has 1 rings (SSSR count). The van der Waals surface area contributed by atoms with Crippen molar-refractivity contribution in [3.05, 3.63) is 0 Å². The molecule has 16 heavy (non-hydrogen) atoms. The van der Waals surface area contributed by atoms with E-state index in [1.165, 1.54) is 0 Å². The topological polar surface area (TPSA) is 64.7 Å². The summed E-state index contributed by atoms with van der Waals surface area (Å²) in [4.78, 5) is 0. The van der Waals surface area contributed by atoms with Crippen molar-refractivity contribution in [3.63, 3.8) is 0 Å². The van der Waals surface area contributed by atoms with Gasteiger partial charge in [0.1, 0.15) is 5.60 Å². The minimum atomic E-state index is -0.483. The molecule has 4 atom stereocenters. The molecule has 0 heterocycles. The zero-order valence-corrected chi connectivity index (χ0v) is 10.6. The number of hydrogen-bond acceptors (Lipinski definition) is 4. The highest BCUT2D eigenvalue weighted by molar-refractivity contribution is 4.95. The van der Waals surface area contributed by atoms with Gasteiger partial charge in [0.2, 0.25) is 0 Å². The molecule has 4 heteroatoms. The molecule has 3 N–H and O–H groups in total. The third-order valence-electron chi connectivity index (χ3n) is 3.63. The average Bonchev–Trinajstić information content (AvgIpc) is 2.29. The SMILES string of the molecule is COC1CCCCC1(CN)OC(C)C(C)O. The van der Waals surface area contributed by atoms with E-state index in [2.05, 4.69) is 0 Å². The number of hydrogen-bond donors (Lipinski definition) is 2. The van der Waals surface area contributed by atoms with E-state index in [0.717, 1.165) is 25.7 Å². The predicted molar refractivity (Wildman–Crippen MR) is 63.3 cm³/mol. The van der Waals surface area contributed by atoms with Crippen molar-refractivity contribution in [3.8, 4) is 0 Å². The van der Waals surface area contributed by atoms with E-state index in [0.29, 0.717) is 6.54 Å². The molecule has 1 aliphatic rings. The molecular weight excluding hydrogens is 206 g/mol. The lowest BCUT2D eigenvalue weighted by Crippen LogP contribution is -2.56. The first-order valence-corrected chi connectivity index (χ1v) is 6.14. The number of ether oxygens (including phenoxy) is 2. The van der Waals surface area contributed by atoms with Gasteiger partial charge in [-0.15, -0.1) is 0 Å². The zero-order chi connectivity index (χ0) is 12.2. The summed E-state index contributed by atoms with van der Waals surface area (Å²) in [6, 6.07) is 0. The summed E-state index contributed by atoms with van der Waals surface area (Å²) in [5.74, 6) is 0. The monoisotopic (exact) mass is 231 g/mol. The minimum absolute atomic E-state index is 0.0486. The van der Waals surface area contributed by atoms with E-state index in [9.17, 15) is 5.11 Å². The Morgan fingerprint density at radius 1 is 1.44 bits per heavy atom. The van der Waals surface area contributed by atoms with E-state index in [1.807, 2.05) is 6.92 Å². The Morgan fingerprint density at radius 3 is 2.62 bits per heavy atom. The van der Waals surface area contributed by atoms with Gasteiger partial charge in [-0.25, -0.2) is 0 Å². The van der Waals surface area contributed by atoms with E-state index in [1.54, 1.807) is 14.0 Å². The summed E-state index contributed by atoms with van der Waals surface area (Å²) in [5.41, 5.74) is 5.45. The lowest BCUT2D eigenvalue weighted by atomic mass is 9.81. The maximum atomic E-state index is 9.51. The molecule has 0 aromatic carbocycles. The average molecular weight is 231 g/mol. The molecular formula is C12H25NO3. The van der Waals surface area contributed by atoms with Crippen LogP contribution in [-0.2, 0) is 9.47 Å². The van der Waals surface area contributed by atoms with Gasteiger partial charge >= 0.3 is 0 Å². The third-order valence-corrected chi connectivity index (χ3v) is 3.63. The van der Waals surface area contributed by atoms with Crippen molar-refractivity contribution in [2.75, 3.05) is 13.7 Å². The first kappa shape index (κ1) is 13.9. The van der Waals surface area contributed by atoms with Crippen LogP contribution in [0.3, 0.4) is 0 Å². The molecule has 0 radical (unpaired) electrons. The fourth-order valence-corrected chi connectivity index (χ4v) is 2.40. The quantitative estimate of drug-likeness (QED) is 0.742. The van der Waals surface area contributed by atoms with Crippen LogP contribution < -0.4 is 5.73 Å². The molecule has 0 spiro atoms. The van der Waals surface area contributed by atoms with Crippen molar-refractivity contribution >= 4 is 0 Å². The maximum absolute atomic E-state index is 9.51. The normalized spacial score (nSPS) is 34.7. The number of nitrogens with two attached hydrogens (primary N) is 1. The van der Waals surface area contributed by atoms with Crippen LogP contribution in [0.1, 0.15) is 39.5 Å². The number of aliphatic hydroxyl groups excluding tert-OH is 1. The molecule has 4 unspecified atom stereocenters. The van der Waals surface area contributed by atoms with E-state index in [4.69, 9.17) is 15.2 Å². The highest BCUT2D eigenvalue weighted by Crippen LogP contribution is 2.34. The van der Waals surface area contributed by atoms with E-state index < -0.39 is 11.7 Å². The summed E-state index contributed by atoms with van der Waals surface area (Å²) < 4.78 is 11.5. The molecule has 0 saturated heterocycles. The molecule has 1 fully saturated rings. The van der Waals surface area contributed by atoms with Crippen LogP contribution in [0.2, 0.25) is 0 Å². The highest BCUT2D eigenvalue weighted by Gasteiger charge is 2.42. The van der Waals surface area contributed by atoms with Gasteiger partial charge in [0.15, 0.2) is 0 Å². The van der Waals surface area contributed by atoms with Crippen molar-refractivity contribution in [1.29, 1.82) is 0 Å². The lowest BCUT2D eigenvalue weighted by molar-refractivity contribution is -0.190. The van der Waals surface area contributed by atoms with Crippen LogP contribution in [0, 0.1) is 0 Å². The third kappa shape index (κ3) is 2.94. The summed E-state index contributed by atoms with van der Waals surface area (Å²) in [6.45, 7) is 4.06. The molecule has 0 amide bonds. The van der Waals surface area contributed by atoms with Crippen LogP contribution in [0.5, 0.6) is 0 Å². The van der Waals surface area contributed by atoms with Crippen LogP contribution in [0.4, 0.5) is 0 Å². The summed E-state index contributed by atoms with van der Waals surface area (Å²) >= 11 is 0. The van der Waals surface area contributed by atoms with Crippen molar-refractivity contribution in [2.24, 2.45) is 5.73 Å². The van der Waals surface area contributed by atoms with Crippen molar-refractivity contribution in [2.45, 2.75) is 63.4 Å². The van der Waals surface area contributed by atoms with Gasteiger partial charge in [0, 0.05) is 13.7 Å². The Bertz CT molecular complexity index is 210. The van der Waals surface area contributed by atoms with Crippen molar-refractivity contribution in [1.82, 2.24) is 0 Å². The Balaban J connectivity index is 2.72. The standard InChI is InChI=1S/C12H25NO3/c1-9(14)10(2)16-12(8-13)7-5-4-6-11(12)15-3/h9-11,14H,4-8,13H2,1-3H3. The highest BCUT2D eigenvalue weighted by atomic mass is 16.6. The summed E-state index contributed by atoms with van der Waals surface area (Å²) in [5, 5.41) is 9.51. The number of aliphatic hydroxyl groups is 1. The second kappa shape index (κ2) is 5.96. The smallest absolute Gasteiger partial charge is 0.107 e. The van der Waals surface area contributed by atoms with E-state index >= 15 is 0 Å². The largest absolute Gasteiger partial charge is 0.391 e. The fraction of sp³-hybridized carbons (Fsp3) is 1.00. The first-order chi connectivity index (χ1) is 7.55. The maximum Gasteiger partial charge on any atom is 0.107 e. The van der Waals surface area contributed by atoms with Crippen LogP contribution >= 0.6 is 0 Å². The first-order valence-electron chi connectivity index (χ1n) is 6.14. The van der Waals surface area contributed by atoms with Gasteiger partial charge in [-0.1, -0.05) is 12.8 Å². The predicted octanol–water partition coefficient (Wildman–Crippen LogP) is 1.06. The van der Waals surface area contributed by atoms with Gasteiger partial charge < -0.3 is 20.3 Å². The van der Waals surface area contributed by atoms with Gasteiger partial charge in [-0.3, -0.25) is 0 Å². The number of rotatable bonds is 5. The summed E-state index contributed by atoms with van der Waals surface area (Å²) in [6.07, 6.45) is 3.53. The van der Waals surface area contributed by atoms with Gasteiger partial charge in [-0.05, 0) is 26.7 Å². The van der Waals surface area contributed by atoms with Crippen LogP contribution in [0.15, 0.2) is 0 Å². The molecule has 1 saturated carbocycles. The lowest BCUT2D eigenvalue weighted by Gasteiger charge is -2.44. The molecule has 1 aliphatic carbocycles. The van der Waals surface area contributed by atoms with Gasteiger partial charge in [-0.2, -0.15) is 0 Å². The minimum Gasteiger partial charge on any atom is -0.391 e. The molecule has 0 aromatic rings. The second-order valence-corrected chi connectivity index (χ2v) is 4.80. The van der Waals surface area contributed by atoms with Gasteiger partial charge in [0.05, 0.1) is 18.3 Å². The molecule has 0 aliphatic heterocycles. The van der Waals surface area contributed by atoms with Gasteiger partial charge in [0.25, 0.3) is 0 Å². The van der Waals surface area contributed by atoms with Crippen molar-refractivity contribution < 1.29 is 14.6 Å². The zero-order valence-electron chi connectivity index (χ0n) is 10.6. The molecule has 0 bridgehead atoms. The van der Waals surface area contributed by atoms with Crippen LogP contribution in [-0.4, -0.2) is 42.7 Å². The number of methoxy groups -OCH3 is 1. The van der Waals surface area contributed by atoms with Crippen LogP contribution in [0.25, 0.3) is 0 Å². The Hall–Kier alpha value is -0.160. The molecule has 96 valence electrons.